The average Bonchev–Trinajstić information content (AvgIpc) is 2.79. The van der Waals surface area contributed by atoms with E-state index in [9.17, 15) is 0 Å². The van der Waals surface area contributed by atoms with E-state index in [-0.39, 0.29) is 6.04 Å². The van der Waals surface area contributed by atoms with Crippen LogP contribution in [0.4, 0.5) is 0 Å². The summed E-state index contributed by atoms with van der Waals surface area (Å²) in [4.78, 5) is 0. The number of hydrazine groups is 1. The summed E-state index contributed by atoms with van der Waals surface area (Å²) in [5.41, 5.74) is 4.25. The molecular weight excluding hydrogens is 224 g/mol. The summed E-state index contributed by atoms with van der Waals surface area (Å²) in [5.74, 6) is 7.25. The Balaban J connectivity index is 2.06. The normalized spacial score (nSPS) is 26.2. The topological polar surface area (TPSA) is 55.9 Å². The van der Waals surface area contributed by atoms with Crippen LogP contribution in [0.2, 0.25) is 0 Å². The highest BCUT2D eigenvalue weighted by molar-refractivity contribution is 5.12. The highest BCUT2D eigenvalue weighted by Crippen LogP contribution is 2.36. The third kappa shape index (κ3) is 3.12. The smallest absolute Gasteiger partial charge is 0.0538 e. The first kappa shape index (κ1) is 13.6. The van der Waals surface area contributed by atoms with Crippen molar-refractivity contribution in [2.75, 3.05) is 0 Å². The number of nitrogens with one attached hydrogen (secondary N) is 1. The molecule has 3 unspecified atom stereocenters. The summed E-state index contributed by atoms with van der Waals surface area (Å²) in [6.07, 6.45) is 10.5. The zero-order valence-corrected chi connectivity index (χ0v) is 11.6. The van der Waals surface area contributed by atoms with Crippen molar-refractivity contribution in [1.82, 2.24) is 15.2 Å². The molecule has 1 heterocycles. The minimum Gasteiger partial charge on any atom is -0.272 e. The lowest BCUT2D eigenvalue weighted by atomic mass is 9.77. The summed E-state index contributed by atoms with van der Waals surface area (Å²) < 4.78 is 2.02. The van der Waals surface area contributed by atoms with Crippen molar-refractivity contribution in [3.05, 3.63) is 18.0 Å². The van der Waals surface area contributed by atoms with E-state index in [1.54, 1.807) is 0 Å². The maximum Gasteiger partial charge on any atom is 0.0538 e. The summed E-state index contributed by atoms with van der Waals surface area (Å²) in [6, 6.07) is 0.262. The third-order valence-electron chi connectivity index (χ3n) is 4.09. The highest BCUT2D eigenvalue weighted by Gasteiger charge is 2.27. The Morgan fingerprint density at radius 2 is 2.39 bits per heavy atom. The minimum atomic E-state index is 0.262. The van der Waals surface area contributed by atoms with Crippen molar-refractivity contribution in [2.24, 2.45) is 17.7 Å². The van der Waals surface area contributed by atoms with E-state index in [0.29, 0.717) is 5.92 Å². The molecular formula is C14H26N4. The predicted octanol–water partition coefficient (Wildman–Crippen LogP) is 2.62. The van der Waals surface area contributed by atoms with E-state index >= 15 is 0 Å². The third-order valence-corrected chi connectivity index (χ3v) is 4.09. The van der Waals surface area contributed by atoms with Crippen LogP contribution in [0.5, 0.6) is 0 Å². The molecule has 1 fully saturated rings. The number of hydrogen-bond donors (Lipinski definition) is 2. The minimum absolute atomic E-state index is 0.262. The summed E-state index contributed by atoms with van der Waals surface area (Å²) in [5, 5.41) is 4.41. The van der Waals surface area contributed by atoms with Crippen LogP contribution in [-0.4, -0.2) is 9.78 Å². The van der Waals surface area contributed by atoms with Gasteiger partial charge in [-0.2, -0.15) is 5.10 Å². The van der Waals surface area contributed by atoms with Gasteiger partial charge in [0.1, 0.15) is 0 Å². The quantitative estimate of drug-likeness (QED) is 0.624. The van der Waals surface area contributed by atoms with Crippen LogP contribution in [0, 0.1) is 11.8 Å². The lowest BCUT2D eigenvalue weighted by Gasteiger charge is -2.32. The molecule has 1 aliphatic rings. The van der Waals surface area contributed by atoms with Gasteiger partial charge in [-0.25, -0.2) is 0 Å². The van der Waals surface area contributed by atoms with E-state index in [0.717, 1.165) is 18.9 Å². The number of nitrogens with zero attached hydrogens (tertiary/aromatic N) is 2. The van der Waals surface area contributed by atoms with Gasteiger partial charge in [-0.1, -0.05) is 26.7 Å². The zero-order valence-electron chi connectivity index (χ0n) is 11.6. The van der Waals surface area contributed by atoms with Crippen LogP contribution in [0.25, 0.3) is 0 Å². The standard InChI is InChI=1S/C14H26N4/c1-3-7-18-10-13(9-16-18)14(17-15)12-6-4-5-11(2)8-12/h9-12,14,17H,3-8,15H2,1-2H3. The second-order valence-electron chi connectivity index (χ2n) is 5.71. The molecule has 0 amide bonds. The van der Waals surface area contributed by atoms with Crippen LogP contribution in [0.1, 0.15) is 57.6 Å². The fraction of sp³-hybridized carbons (Fsp3) is 0.786. The molecule has 0 saturated heterocycles. The van der Waals surface area contributed by atoms with Crippen molar-refractivity contribution in [3.63, 3.8) is 0 Å². The molecule has 0 radical (unpaired) electrons. The molecule has 0 aromatic carbocycles. The van der Waals surface area contributed by atoms with Gasteiger partial charge in [0.25, 0.3) is 0 Å². The van der Waals surface area contributed by atoms with Crippen molar-refractivity contribution in [1.29, 1.82) is 0 Å². The van der Waals surface area contributed by atoms with Crippen molar-refractivity contribution >= 4 is 0 Å². The Kier molecular flexibility index (Phi) is 4.78. The van der Waals surface area contributed by atoms with Crippen LogP contribution in [-0.2, 0) is 6.54 Å². The van der Waals surface area contributed by atoms with E-state index < -0.39 is 0 Å². The summed E-state index contributed by atoms with van der Waals surface area (Å²) >= 11 is 0. The Bertz CT molecular complexity index is 360. The van der Waals surface area contributed by atoms with Crippen molar-refractivity contribution in [2.45, 2.75) is 58.5 Å². The predicted molar refractivity (Wildman–Crippen MR) is 73.7 cm³/mol. The van der Waals surface area contributed by atoms with Crippen molar-refractivity contribution in [3.8, 4) is 0 Å². The zero-order chi connectivity index (χ0) is 13.0. The SMILES string of the molecule is CCCn1cc(C(NN)C2CCCC(C)C2)cn1. The van der Waals surface area contributed by atoms with Gasteiger partial charge >= 0.3 is 0 Å². The second-order valence-corrected chi connectivity index (χ2v) is 5.71. The molecule has 102 valence electrons. The molecule has 3 N–H and O–H groups in total. The molecule has 1 aromatic heterocycles. The average molecular weight is 250 g/mol. The molecule has 3 atom stereocenters. The largest absolute Gasteiger partial charge is 0.272 e. The first-order valence-corrected chi connectivity index (χ1v) is 7.23. The molecule has 1 saturated carbocycles. The maximum absolute atomic E-state index is 5.78. The molecule has 0 bridgehead atoms. The fourth-order valence-corrected chi connectivity index (χ4v) is 3.18. The van der Waals surface area contributed by atoms with Crippen LogP contribution in [0.3, 0.4) is 0 Å². The Hall–Kier alpha value is -0.870. The monoisotopic (exact) mass is 250 g/mol. The maximum atomic E-state index is 5.78. The molecule has 4 nitrogen and oxygen atoms in total. The van der Waals surface area contributed by atoms with Gasteiger partial charge in [-0.05, 0) is 31.1 Å². The van der Waals surface area contributed by atoms with E-state index in [2.05, 4.69) is 30.6 Å². The van der Waals surface area contributed by atoms with Crippen LogP contribution < -0.4 is 11.3 Å². The number of nitrogens with two attached hydrogens (primary N) is 1. The molecule has 1 aliphatic carbocycles. The molecule has 0 aliphatic heterocycles. The Morgan fingerprint density at radius 3 is 3.06 bits per heavy atom. The first-order valence-electron chi connectivity index (χ1n) is 7.23. The Labute approximate surface area is 110 Å². The van der Waals surface area contributed by atoms with Gasteiger partial charge in [-0.3, -0.25) is 16.0 Å². The summed E-state index contributed by atoms with van der Waals surface area (Å²) in [6.45, 7) is 5.50. The number of rotatable bonds is 5. The summed E-state index contributed by atoms with van der Waals surface area (Å²) in [7, 11) is 0. The lowest BCUT2D eigenvalue weighted by molar-refractivity contribution is 0.224. The second kappa shape index (κ2) is 6.34. The molecule has 2 rings (SSSR count). The fourth-order valence-electron chi connectivity index (χ4n) is 3.18. The number of aromatic nitrogens is 2. The van der Waals surface area contributed by atoms with E-state index in [1.807, 2.05) is 10.9 Å². The number of hydrogen-bond acceptors (Lipinski definition) is 3. The van der Waals surface area contributed by atoms with Crippen molar-refractivity contribution < 1.29 is 0 Å². The highest BCUT2D eigenvalue weighted by atomic mass is 15.3. The number of aryl methyl sites for hydroxylation is 1. The van der Waals surface area contributed by atoms with Gasteiger partial charge < -0.3 is 0 Å². The van der Waals surface area contributed by atoms with Gasteiger partial charge in [0, 0.05) is 18.3 Å². The molecule has 1 aromatic rings. The lowest BCUT2D eigenvalue weighted by Crippen LogP contribution is -2.35. The van der Waals surface area contributed by atoms with Crippen LogP contribution in [0.15, 0.2) is 12.4 Å². The Morgan fingerprint density at radius 1 is 1.56 bits per heavy atom. The molecule has 18 heavy (non-hydrogen) atoms. The van der Waals surface area contributed by atoms with Gasteiger partial charge in [-0.15, -0.1) is 0 Å². The molecule has 0 spiro atoms. The first-order chi connectivity index (χ1) is 8.74. The van der Waals surface area contributed by atoms with Crippen LogP contribution >= 0.6 is 0 Å². The molecule has 4 heteroatoms. The van der Waals surface area contributed by atoms with E-state index in [1.165, 1.54) is 31.2 Å². The van der Waals surface area contributed by atoms with Gasteiger partial charge in [0.2, 0.25) is 0 Å². The van der Waals surface area contributed by atoms with Gasteiger partial charge in [0.05, 0.1) is 12.2 Å². The van der Waals surface area contributed by atoms with Gasteiger partial charge in [0.15, 0.2) is 0 Å². The van der Waals surface area contributed by atoms with E-state index in [4.69, 9.17) is 5.84 Å².